The van der Waals surface area contributed by atoms with Gasteiger partial charge in [0.25, 0.3) is 0 Å². The van der Waals surface area contributed by atoms with Gasteiger partial charge in [-0.1, -0.05) is 81.8 Å². The van der Waals surface area contributed by atoms with E-state index in [9.17, 15) is 0 Å². The predicted octanol–water partition coefficient (Wildman–Crippen LogP) is 12.4. The van der Waals surface area contributed by atoms with Crippen LogP contribution in [0.25, 0.3) is 0 Å². The van der Waals surface area contributed by atoms with Crippen molar-refractivity contribution in [3.8, 4) is 0 Å². The fourth-order valence-corrected chi connectivity index (χ4v) is 14.4. The molecule has 4 aliphatic rings. The molecule has 6 rings (SSSR count). The second-order valence-electron chi connectivity index (χ2n) is 14.6. The van der Waals surface area contributed by atoms with Crippen molar-refractivity contribution < 1.29 is 15.1 Å². The van der Waals surface area contributed by atoms with Crippen LogP contribution in [0.5, 0.6) is 0 Å². The number of nitrogens with one attached hydrogen (secondary N) is 1. The molecule has 2 aromatic carbocycles. The SMILES string of the molecule is Cc1cc(C)c(C2CNC(=C3CCCC(P(C4CCCCC4)C4CCCCC4)C3)N2c2c(C)cc(C)cc2C)c(C)c1.[Cl][Ru][Cl]. The van der Waals surface area contributed by atoms with E-state index < -0.39 is 0 Å². The van der Waals surface area contributed by atoms with Gasteiger partial charge in [-0.25, -0.2) is 0 Å². The molecule has 4 fully saturated rings. The molecule has 3 aliphatic carbocycles. The van der Waals surface area contributed by atoms with Gasteiger partial charge >= 0.3 is 34.5 Å². The second-order valence-corrected chi connectivity index (χ2v) is 20.3. The zero-order valence-corrected chi connectivity index (χ0v) is 32.9. The van der Waals surface area contributed by atoms with E-state index in [1.807, 2.05) is 0 Å². The van der Waals surface area contributed by atoms with Gasteiger partial charge in [0.1, 0.15) is 5.82 Å². The molecule has 0 amide bonds. The average Bonchev–Trinajstić information content (AvgIpc) is 3.42. The van der Waals surface area contributed by atoms with E-state index >= 15 is 0 Å². The van der Waals surface area contributed by atoms with E-state index in [1.54, 1.807) is 5.57 Å². The van der Waals surface area contributed by atoms with Crippen LogP contribution in [0.1, 0.15) is 135 Å². The van der Waals surface area contributed by atoms with Crippen LogP contribution in [0, 0.1) is 41.5 Å². The fourth-order valence-electron chi connectivity index (χ4n) is 9.75. The van der Waals surface area contributed by atoms with Gasteiger partial charge in [0.05, 0.1) is 6.04 Å². The van der Waals surface area contributed by atoms with E-state index in [0.29, 0.717) is 6.04 Å². The Morgan fingerprint density at radius 1 is 0.667 bits per heavy atom. The summed E-state index contributed by atoms with van der Waals surface area (Å²) in [7, 11) is 9.82. The van der Waals surface area contributed by atoms with Gasteiger partial charge in [-0.15, -0.1) is 0 Å². The molecule has 0 spiro atoms. The Labute approximate surface area is 292 Å². The minimum absolute atomic E-state index is 0.109. The molecule has 1 heterocycles. The molecule has 2 unspecified atom stereocenters. The number of hydrogen-bond acceptors (Lipinski definition) is 2. The maximum absolute atomic E-state index is 4.85. The van der Waals surface area contributed by atoms with E-state index in [0.717, 1.165) is 23.5 Å². The molecule has 2 nitrogen and oxygen atoms in total. The summed E-state index contributed by atoms with van der Waals surface area (Å²) in [5.41, 5.74) is 16.2. The van der Waals surface area contributed by atoms with Gasteiger partial charge < -0.3 is 10.2 Å². The zero-order valence-electron chi connectivity index (χ0n) is 28.7. The van der Waals surface area contributed by atoms with Gasteiger partial charge in [-0.3, -0.25) is 0 Å². The Hall–Kier alpha value is -0.587. The third kappa shape index (κ3) is 8.35. The Balaban J connectivity index is 0.00000128. The first kappa shape index (κ1) is 35.7. The molecule has 1 N–H and O–H groups in total. The van der Waals surface area contributed by atoms with Gasteiger partial charge in [0.15, 0.2) is 0 Å². The fraction of sp³-hybridized carbons (Fsp3) is 0.641. The Morgan fingerprint density at radius 2 is 1.13 bits per heavy atom. The molecular weight excluding hydrogens is 699 g/mol. The van der Waals surface area contributed by atoms with Crippen LogP contribution >= 0.6 is 27.3 Å². The van der Waals surface area contributed by atoms with Gasteiger partial charge in [0.2, 0.25) is 0 Å². The normalized spacial score (nSPS) is 25.0. The second kappa shape index (κ2) is 16.7. The molecular formula is C39H57Cl2N2PRu. The predicted molar refractivity (Wildman–Crippen MR) is 196 cm³/mol. The molecule has 0 bridgehead atoms. The Bertz CT molecular complexity index is 1270. The molecule has 45 heavy (non-hydrogen) atoms. The number of halogens is 2. The Kier molecular flexibility index (Phi) is 13.2. The monoisotopic (exact) mass is 756 g/mol. The number of rotatable bonds is 5. The summed E-state index contributed by atoms with van der Waals surface area (Å²) >= 11 is -0.346. The van der Waals surface area contributed by atoms with Crippen LogP contribution in [-0.2, 0) is 15.1 Å². The van der Waals surface area contributed by atoms with Crippen molar-refractivity contribution in [2.45, 2.75) is 154 Å². The summed E-state index contributed by atoms with van der Waals surface area (Å²) in [4.78, 5) is 2.79. The van der Waals surface area contributed by atoms with Crippen molar-refractivity contribution in [1.82, 2.24) is 5.32 Å². The number of anilines is 1. The van der Waals surface area contributed by atoms with Crippen molar-refractivity contribution in [1.29, 1.82) is 0 Å². The third-order valence-corrected chi connectivity index (χ3v) is 15.2. The topological polar surface area (TPSA) is 15.3 Å². The Morgan fingerprint density at radius 3 is 1.64 bits per heavy atom. The quantitative estimate of drug-likeness (QED) is 0.241. The van der Waals surface area contributed by atoms with E-state index in [-0.39, 0.29) is 23.1 Å². The summed E-state index contributed by atoms with van der Waals surface area (Å²) in [6.45, 7) is 14.9. The summed E-state index contributed by atoms with van der Waals surface area (Å²) in [5, 5.41) is 4.09. The van der Waals surface area contributed by atoms with Crippen LogP contribution in [0.3, 0.4) is 0 Å². The van der Waals surface area contributed by atoms with E-state index in [2.05, 4.69) is 76.0 Å². The number of hydrogen-bond donors (Lipinski definition) is 1. The molecule has 0 aromatic heterocycles. The standard InChI is InChI=1S/C39H57N2P.2ClH.Ru/c1-26-20-28(3)37(29(4)21-26)36-25-40-39(41(36)38-30(5)22-27(2)23-31(38)6)32-14-13-19-35(24-32)42(33-15-9-7-10-16-33)34-17-11-8-12-18-34;;;/h20-23,33-36,40H,7-19,24-25H2,1-6H3;2*1H;/q;;;+2/p-2. The van der Waals surface area contributed by atoms with Crippen LogP contribution in [0.15, 0.2) is 35.7 Å². The molecule has 3 saturated carbocycles. The van der Waals surface area contributed by atoms with E-state index in [4.69, 9.17) is 19.4 Å². The molecule has 0 radical (unpaired) electrons. The minimum atomic E-state index is -0.346. The number of nitrogens with zero attached hydrogens (tertiary/aromatic N) is 1. The molecule has 2 aromatic rings. The van der Waals surface area contributed by atoms with E-state index in [1.165, 1.54) is 140 Å². The van der Waals surface area contributed by atoms with Crippen molar-refractivity contribution in [2.24, 2.45) is 0 Å². The van der Waals surface area contributed by atoms with Gasteiger partial charge in [-0.05, 0) is 143 Å². The van der Waals surface area contributed by atoms with Crippen molar-refractivity contribution in [3.05, 3.63) is 74.6 Å². The molecule has 2 atom stereocenters. The molecule has 6 heteroatoms. The molecule has 1 aliphatic heterocycles. The number of benzene rings is 2. The van der Waals surface area contributed by atoms with Crippen LogP contribution in [0.4, 0.5) is 5.69 Å². The number of allylic oxidation sites excluding steroid dienone is 1. The van der Waals surface area contributed by atoms with Crippen LogP contribution in [-0.4, -0.2) is 23.5 Å². The first-order valence-corrected chi connectivity index (χ1v) is 23.8. The molecule has 250 valence electrons. The van der Waals surface area contributed by atoms with Crippen molar-refractivity contribution in [2.75, 3.05) is 11.4 Å². The first-order valence-electron chi connectivity index (χ1n) is 17.8. The third-order valence-electron chi connectivity index (χ3n) is 11.2. The molecule has 1 saturated heterocycles. The van der Waals surface area contributed by atoms with Crippen LogP contribution < -0.4 is 10.2 Å². The summed E-state index contributed by atoms with van der Waals surface area (Å²) in [6.07, 6.45) is 20.6. The van der Waals surface area contributed by atoms with Gasteiger partial charge in [-0.2, -0.15) is 0 Å². The van der Waals surface area contributed by atoms with Gasteiger partial charge in [0, 0.05) is 12.2 Å². The summed E-state index contributed by atoms with van der Waals surface area (Å²) < 4.78 is 0. The summed E-state index contributed by atoms with van der Waals surface area (Å²) in [6, 6.07) is 9.96. The zero-order chi connectivity index (χ0) is 32.1. The average molecular weight is 757 g/mol. The summed E-state index contributed by atoms with van der Waals surface area (Å²) in [5.74, 6) is 1.47. The van der Waals surface area contributed by atoms with Crippen LogP contribution in [0.2, 0.25) is 0 Å². The maximum atomic E-state index is 4.85. The van der Waals surface area contributed by atoms with Crippen molar-refractivity contribution >= 4 is 33.0 Å². The first-order chi connectivity index (χ1) is 21.7. The van der Waals surface area contributed by atoms with Crippen molar-refractivity contribution in [3.63, 3.8) is 0 Å². The number of aryl methyl sites for hydroxylation is 6.